The van der Waals surface area contributed by atoms with Crippen molar-refractivity contribution in [1.29, 1.82) is 0 Å². The highest BCUT2D eigenvalue weighted by molar-refractivity contribution is 5.94. The van der Waals surface area contributed by atoms with Crippen LogP contribution < -0.4 is 4.74 Å². The van der Waals surface area contributed by atoms with E-state index < -0.39 is 0 Å². The molecule has 2 aliphatic heterocycles. The Bertz CT molecular complexity index is 734. The van der Waals surface area contributed by atoms with E-state index >= 15 is 0 Å². The molecule has 0 N–H and O–H groups in total. The summed E-state index contributed by atoms with van der Waals surface area (Å²) in [5.74, 6) is 1.09. The van der Waals surface area contributed by atoms with Gasteiger partial charge in [0.1, 0.15) is 5.75 Å². The molecule has 0 spiro atoms. The van der Waals surface area contributed by atoms with Crippen molar-refractivity contribution >= 4 is 11.8 Å². The standard InChI is InChI=1S/C24H36N4O3/c1-2-18-31-22-8-6-20(7-9-22)24(30)28-12-10-25(11-13-28)19-23(29)27-16-14-26(15-17-27)21-4-3-5-21/h6-9,21H,2-5,10-19H2,1H3. The van der Waals surface area contributed by atoms with Gasteiger partial charge in [0, 0.05) is 64.0 Å². The summed E-state index contributed by atoms with van der Waals surface area (Å²) < 4.78 is 5.59. The second kappa shape index (κ2) is 10.5. The summed E-state index contributed by atoms with van der Waals surface area (Å²) in [6.45, 7) is 9.78. The fourth-order valence-corrected chi connectivity index (χ4v) is 4.58. The monoisotopic (exact) mass is 428 g/mol. The van der Waals surface area contributed by atoms with Gasteiger partial charge in [0.05, 0.1) is 13.2 Å². The topological polar surface area (TPSA) is 56.3 Å². The van der Waals surface area contributed by atoms with Crippen molar-refractivity contribution in [3.63, 3.8) is 0 Å². The van der Waals surface area contributed by atoms with E-state index in [4.69, 9.17) is 4.74 Å². The Balaban J connectivity index is 1.19. The third-order valence-corrected chi connectivity index (χ3v) is 6.85. The van der Waals surface area contributed by atoms with E-state index in [9.17, 15) is 9.59 Å². The molecular formula is C24H36N4O3. The fraction of sp³-hybridized carbons (Fsp3) is 0.667. The third-order valence-electron chi connectivity index (χ3n) is 6.85. The highest BCUT2D eigenvalue weighted by Crippen LogP contribution is 2.25. The van der Waals surface area contributed by atoms with Crippen molar-refractivity contribution in [1.82, 2.24) is 19.6 Å². The number of carbonyl (C=O) groups excluding carboxylic acids is 2. The molecule has 0 atom stereocenters. The molecule has 0 unspecified atom stereocenters. The molecule has 1 aromatic rings. The normalized spacial score (nSPS) is 21.1. The molecule has 0 aromatic heterocycles. The van der Waals surface area contributed by atoms with Crippen LogP contribution in [0.15, 0.2) is 24.3 Å². The Morgan fingerprint density at radius 1 is 0.903 bits per heavy atom. The largest absolute Gasteiger partial charge is 0.494 e. The van der Waals surface area contributed by atoms with Gasteiger partial charge in [0.2, 0.25) is 5.91 Å². The lowest BCUT2D eigenvalue weighted by Crippen LogP contribution is -2.56. The Labute approximate surface area is 185 Å². The number of rotatable bonds is 7. The maximum Gasteiger partial charge on any atom is 0.253 e. The first kappa shape index (κ1) is 22.1. The molecule has 0 radical (unpaired) electrons. The fourth-order valence-electron chi connectivity index (χ4n) is 4.58. The lowest BCUT2D eigenvalue weighted by atomic mass is 9.91. The molecule has 7 nitrogen and oxygen atoms in total. The predicted molar refractivity (Wildman–Crippen MR) is 120 cm³/mol. The van der Waals surface area contributed by atoms with Crippen molar-refractivity contribution in [2.45, 2.75) is 38.6 Å². The van der Waals surface area contributed by atoms with Gasteiger partial charge in [0.15, 0.2) is 0 Å². The van der Waals surface area contributed by atoms with Crippen LogP contribution in [-0.2, 0) is 4.79 Å². The van der Waals surface area contributed by atoms with E-state index in [2.05, 4.69) is 16.7 Å². The molecule has 2 heterocycles. The van der Waals surface area contributed by atoms with Gasteiger partial charge in [-0.15, -0.1) is 0 Å². The molecule has 4 rings (SSSR count). The number of benzene rings is 1. The van der Waals surface area contributed by atoms with Crippen LogP contribution in [0.4, 0.5) is 0 Å². The van der Waals surface area contributed by atoms with Gasteiger partial charge in [-0.2, -0.15) is 0 Å². The molecule has 2 saturated heterocycles. The van der Waals surface area contributed by atoms with E-state index in [0.29, 0.717) is 31.8 Å². The summed E-state index contributed by atoms with van der Waals surface area (Å²) >= 11 is 0. The number of hydrogen-bond donors (Lipinski definition) is 0. The molecule has 3 aliphatic rings. The molecule has 7 heteroatoms. The first-order valence-corrected chi connectivity index (χ1v) is 11.9. The maximum atomic E-state index is 12.8. The van der Waals surface area contributed by atoms with E-state index in [1.54, 1.807) is 0 Å². The predicted octanol–water partition coefficient (Wildman–Crippen LogP) is 1.93. The van der Waals surface area contributed by atoms with Gasteiger partial charge < -0.3 is 14.5 Å². The number of hydrogen-bond acceptors (Lipinski definition) is 5. The van der Waals surface area contributed by atoms with Crippen molar-refractivity contribution < 1.29 is 14.3 Å². The minimum atomic E-state index is 0.0557. The van der Waals surface area contributed by atoms with Crippen LogP contribution in [0, 0.1) is 0 Å². The van der Waals surface area contributed by atoms with E-state index in [1.165, 1.54) is 19.3 Å². The molecule has 3 fully saturated rings. The van der Waals surface area contributed by atoms with E-state index in [-0.39, 0.29) is 11.8 Å². The van der Waals surface area contributed by atoms with Gasteiger partial charge in [-0.3, -0.25) is 19.4 Å². The van der Waals surface area contributed by atoms with E-state index in [0.717, 1.165) is 57.5 Å². The van der Waals surface area contributed by atoms with Gasteiger partial charge >= 0.3 is 0 Å². The number of amides is 2. The number of nitrogens with zero attached hydrogens (tertiary/aromatic N) is 4. The molecular weight excluding hydrogens is 392 g/mol. The van der Waals surface area contributed by atoms with Crippen LogP contribution in [-0.4, -0.2) is 103 Å². The highest BCUT2D eigenvalue weighted by Gasteiger charge is 2.30. The third kappa shape index (κ3) is 5.57. The zero-order chi connectivity index (χ0) is 21.6. The van der Waals surface area contributed by atoms with Crippen LogP contribution in [0.2, 0.25) is 0 Å². The summed E-state index contributed by atoms with van der Waals surface area (Å²) in [5.41, 5.74) is 0.692. The molecule has 0 bridgehead atoms. The average Bonchev–Trinajstić information content (AvgIpc) is 2.77. The SMILES string of the molecule is CCCOc1ccc(C(=O)N2CCN(CC(=O)N3CCN(C4CCC4)CC3)CC2)cc1. The van der Waals surface area contributed by atoms with Crippen LogP contribution >= 0.6 is 0 Å². The molecule has 31 heavy (non-hydrogen) atoms. The van der Waals surface area contributed by atoms with Gasteiger partial charge in [-0.1, -0.05) is 13.3 Å². The Morgan fingerprint density at radius 2 is 1.55 bits per heavy atom. The second-order valence-electron chi connectivity index (χ2n) is 8.94. The lowest BCUT2D eigenvalue weighted by Gasteiger charge is -2.43. The van der Waals surface area contributed by atoms with E-state index in [1.807, 2.05) is 34.1 Å². The second-order valence-corrected chi connectivity index (χ2v) is 8.94. The van der Waals surface area contributed by atoms with Gasteiger partial charge in [-0.05, 0) is 43.5 Å². The van der Waals surface area contributed by atoms with Crippen LogP contribution in [0.5, 0.6) is 5.75 Å². The summed E-state index contributed by atoms with van der Waals surface area (Å²) in [7, 11) is 0. The Hall–Kier alpha value is -2.12. The number of carbonyl (C=O) groups is 2. The van der Waals surface area contributed by atoms with Gasteiger partial charge in [0.25, 0.3) is 5.91 Å². The minimum Gasteiger partial charge on any atom is -0.494 e. The molecule has 2 amide bonds. The summed E-state index contributed by atoms with van der Waals surface area (Å²) in [5, 5.41) is 0. The molecule has 1 aromatic carbocycles. The van der Waals surface area contributed by atoms with Crippen molar-refractivity contribution in [3.8, 4) is 5.75 Å². The molecule has 1 aliphatic carbocycles. The van der Waals surface area contributed by atoms with Crippen LogP contribution in [0.1, 0.15) is 43.0 Å². The Morgan fingerprint density at radius 3 is 2.13 bits per heavy atom. The first-order valence-electron chi connectivity index (χ1n) is 11.9. The zero-order valence-electron chi connectivity index (χ0n) is 18.8. The number of ether oxygens (including phenoxy) is 1. The van der Waals surface area contributed by atoms with Crippen LogP contribution in [0.3, 0.4) is 0 Å². The summed E-state index contributed by atoms with van der Waals surface area (Å²) in [6.07, 6.45) is 4.97. The van der Waals surface area contributed by atoms with Crippen molar-refractivity contribution in [3.05, 3.63) is 29.8 Å². The van der Waals surface area contributed by atoms with Crippen LogP contribution in [0.25, 0.3) is 0 Å². The first-order chi connectivity index (χ1) is 15.1. The number of piperazine rings is 2. The maximum absolute atomic E-state index is 12.8. The smallest absolute Gasteiger partial charge is 0.253 e. The average molecular weight is 429 g/mol. The zero-order valence-corrected chi connectivity index (χ0v) is 18.8. The minimum absolute atomic E-state index is 0.0557. The summed E-state index contributed by atoms with van der Waals surface area (Å²) in [4.78, 5) is 34.2. The summed E-state index contributed by atoms with van der Waals surface area (Å²) in [6, 6.07) is 8.17. The lowest BCUT2D eigenvalue weighted by molar-refractivity contribution is -0.135. The highest BCUT2D eigenvalue weighted by atomic mass is 16.5. The van der Waals surface area contributed by atoms with Crippen molar-refractivity contribution in [2.75, 3.05) is 65.5 Å². The van der Waals surface area contributed by atoms with Crippen molar-refractivity contribution in [2.24, 2.45) is 0 Å². The molecule has 1 saturated carbocycles. The quantitative estimate of drug-likeness (QED) is 0.664. The van der Waals surface area contributed by atoms with Gasteiger partial charge in [-0.25, -0.2) is 0 Å². The Kier molecular flexibility index (Phi) is 7.45. The molecule has 170 valence electrons.